The highest BCUT2D eigenvalue weighted by Gasteiger charge is 2.13. The molecule has 2 rings (SSSR count). The Labute approximate surface area is 143 Å². The summed E-state index contributed by atoms with van der Waals surface area (Å²) >= 11 is 0. The molecule has 0 bridgehead atoms. The third kappa shape index (κ3) is 5.18. The van der Waals surface area contributed by atoms with Gasteiger partial charge in [-0.2, -0.15) is 0 Å². The largest absolute Gasteiger partial charge is 0.326 e. The standard InChI is InChI=1S/C18H22N2O3S/c1-14-7-4-5-8-15(14)12-20(2)13-18(21)19-16-9-6-10-17(11-16)24(3,22)23/h4-11H,12-13H2,1-3H3,(H,19,21)/p+1. The van der Waals surface area contributed by atoms with Crippen molar-refractivity contribution in [1.29, 1.82) is 0 Å². The molecular weight excluding hydrogens is 324 g/mol. The molecule has 1 atom stereocenters. The van der Waals surface area contributed by atoms with Gasteiger partial charge in [-0.15, -0.1) is 0 Å². The maximum absolute atomic E-state index is 12.2. The first kappa shape index (κ1) is 18.2. The molecule has 24 heavy (non-hydrogen) atoms. The third-order valence-corrected chi connectivity index (χ3v) is 4.87. The fourth-order valence-electron chi connectivity index (χ4n) is 2.48. The van der Waals surface area contributed by atoms with Crippen molar-refractivity contribution in [2.24, 2.45) is 0 Å². The summed E-state index contributed by atoms with van der Waals surface area (Å²) in [6, 6.07) is 14.4. The molecule has 0 aliphatic rings. The van der Waals surface area contributed by atoms with Gasteiger partial charge in [0.15, 0.2) is 16.4 Å². The second kappa shape index (κ2) is 7.59. The average molecular weight is 347 g/mol. The van der Waals surface area contributed by atoms with Crippen LogP contribution in [0.2, 0.25) is 0 Å². The van der Waals surface area contributed by atoms with Crippen molar-refractivity contribution in [2.45, 2.75) is 18.4 Å². The van der Waals surface area contributed by atoms with Crippen LogP contribution in [0, 0.1) is 6.92 Å². The van der Waals surface area contributed by atoms with E-state index in [1.807, 2.05) is 19.2 Å². The fraction of sp³-hybridized carbons (Fsp3) is 0.278. The zero-order chi connectivity index (χ0) is 17.7. The molecule has 1 unspecified atom stereocenters. The Hall–Kier alpha value is -2.18. The van der Waals surface area contributed by atoms with Gasteiger partial charge >= 0.3 is 0 Å². The Bertz CT molecular complexity index is 832. The molecule has 0 saturated heterocycles. The summed E-state index contributed by atoms with van der Waals surface area (Å²) in [7, 11) is -1.33. The number of rotatable bonds is 6. The third-order valence-electron chi connectivity index (χ3n) is 3.76. The molecule has 2 aromatic carbocycles. The van der Waals surface area contributed by atoms with Crippen LogP contribution in [-0.2, 0) is 21.2 Å². The van der Waals surface area contributed by atoms with Crippen molar-refractivity contribution in [1.82, 2.24) is 0 Å². The Morgan fingerprint density at radius 1 is 1.12 bits per heavy atom. The molecule has 0 radical (unpaired) electrons. The van der Waals surface area contributed by atoms with E-state index in [-0.39, 0.29) is 10.8 Å². The minimum absolute atomic E-state index is 0.147. The number of carbonyl (C=O) groups excluding carboxylic acids is 1. The molecule has 2 aromatic rings. The van der Waals surface area contributed by atoms with Crippen LogP contribution in [0.25, 0.3) is 0 Å². The van der Waals surface area contributed by atoms with Crippen LogP contribution in [0.4, 0.5) is 5.69 Å². The monoisotopic (exact) mass is 347 g/mol. The minimum Gasteiger partial charge on any atom is -0.326 e. The zero-order valence-corrected chi connectivity index (χ0v) is 15.0. The Morgan fingerprint density at radius 3 is 2.50 bits per heavy atom. The molecule has 0 saturated carbocycles. The molecule has 0 spiro atoms. The predicted molar refractivity (Wildman–Crippen MR) is 94.8 cm³/mol. The lowest BCUT2D eigenvalue weighted by molar-refractivity contribution is -0.885. The van der Waals surface area contributed by atoms with Crippen LogP contribution < -0.4 is 10.2 Å². The summed E-state index contributed by atoms with van der Waals surface area (Å²) in [6.07, 6.45) is 1.15. The first-order valence-electron chi connectivity index (χ1n) is 7.71. The fourth-order valence-corrected chi connectivity index (χ4v) is 3.15. The number of aryl methyl sites for hydroxylation is 1. The summed E-state index contributed by atoms with van der Waals surface area (Å²) in [4.78, 5) is 13.4. The van der Waals surface area contributed by atoms with Gasteiger partial charge in [0.2, 0.25) is 0 Å². The lowest BCUT2D eigenvalue weighted by Crippen LogP contribution is -3.08. The number of hydrogen-bond acceptors (Lipinski definition) is 3. The van der Waals surface area contributed by atoms with E-state index in [1.165, 1.54) is 23.3 Å². The molecule has 128 valence electrons. The second-order valence-electron chi connectivity index (χ2n) is 6.09. The highest BCUT2D eigenvalue weighted by Crippen LogP contribution is 2.15. The summed E-state index contributed by atoms with van der Waals surface area (Å²) < 4.78 is 23.1. The first-order chi connectivity index (χ1) is 11.3. The number of hydrogen-bond donors (Lipinski definition) is 2. The van der Waals surface area contributed by atoms with Gasteiger partial charge in [-0.05, 0) is 30.7 Å². The van der Waals surface area contributed by atoms with Crippen LogP contribution in [0.1, 0.15) is 11.1 Å². The Balaban J connectivity index is 1.97. The van der Waals surface area contributed by atoms with E-state index in [1.54, 1.807) is 12.1 Å². The first-order valence-corrected chi connectivity index (χ1v) is 9.60. The normalized spacial score (nSPS) is 12.6. The summed E-state index contributed by atoms with van der Waals surface area (Å²) in [5.74, 6) is -0.147. The predicted octanol–water partition coefficient (Wildman–Crippen LogP) is 1.05. The SMILES string of the molecule is Cc1ccccc1C[NH+](C)CC(=O)Nc1cccc(S(C)(=O)=O)c1. The molecule has 0 aromatic heterocycles. The van der Waals surface area contributed by atoms with Crippen LogP contribution in [0.5, 0.6) is 0 Å². The second-order valence-corrected chi connectivity index (χ2v) is 8.10. The molecule has 0 fully saturated rings. The van der Waals surface area contributed by atoms with Gasteiger partial charge < -0.3 is 10.2 Å². The van der Waals surface area contributed by atoms with Crippen LogP contribution in [0.15, 0.2) is 53.4 Å². The Kier molecular flexibility index (Phi) is 5.75. The van der Waals surface area contributed by atoms with E-state index in [0.29, 0.717) is 12.2 Å². The number of nitrogens with one attached hydrogen (secondary N) is 2. The van der Waals surface area contributed by atoms with Crippen molar-refractivity contribution < 1.29 is 18.1 Å². The summed E-state index contributed by atoms with van der Waals surface area (Å²) in [5.41, 5.74) is 2.91. The highest BCUT2D eigenvalue weighted by molar-refractivity contribution is 7.90. The average Bonchev–Trinajstić information content (AvgIpc) is 2.49. The smallest absolute Gasteiger partial charge is 0.279 e. The number of sulfone groups is 1. The zero-order valence-electron chi connectivity index (χ0n) is 14.2. The van der Waals surface area contributed by atoms with Crippen molar-refractivity contribution in [3.05, 3.63) is 59.7 Å². The van der Waals surface area contributed by atoms with Gasteiger partial charge in [0.25, 0.3) is 5.91 Å². The van der Waals surface area contributed by atoms with Crippen molar-refractivity contribution in [3.63, 3.8) is 0 Å². The maximum Gasteiger partial charge on any atom is 0.279 e. The lowest BCUT2D eigenvalue weighted by Gasteiger charge is -2.15. The van der Waals surface area contributed by atoms with Crippen molar-refractivity contribution >= 4 is 21.4 Å². The van der Waals surface area contributed by atoms with Crippen LogP contribution in [-0.4, -0.2) is 34.2 Å². The molecule has 0 aliphatic heterocycles. The van der Waals surface area contributed by atoms with E-state index >= 15 is 0 Å². The van der Waals surface area contributed by atoms with Crippen LogP contribution in [0.3, 0.4) is 0 Å². The molecular formula is C18H23N2O3S+. The molecule has 0 heterocycles. The number of likely N-dealkylation sites (N-methyl/N-ethyl adjacent to an activating group) is 1. The minimum atomic E-state index is -3.29. The van der Waals surface area contributed by atoms with E-state index < -0.39 is 9.84 Å². The number of amides is 1. The van der Waals surface area contributed by atoms with E-state index in [9.17, 15) is 13.2 Å². The summed E-state index contributed by atoms with van der Waals surface area (Å²) in [5, 5.41) is 2.76. The van der Waals surface area contributed by atoms with E-state index in [4.69, 9.17) is 0 Å². The molecule has 6 heteroatoms. The maximum atomic E-state index is 12.2. The van der Waals surface area contributed by atoms with Gasteiger partial charge in [0, 0.05) is 17.5 Å². The quantitative estimate of drug-likeness (QED) is 0.821. The van der Waals surface area contributed by atoms with Crippen molar-refractivity contribution in [3.8, 4) is 0 Å². The van der Waals surface area contributed by atoms with Crippen LogP contribution >= 0.6 is 0 Å². The van der Waals surface area contributed by atoms with Gasteiger partial charge in [-0.25, -0.2) is 8.42 Å². The van der Waals surface area contributed by atoms with Gasteiger partial charge in [0.05, 0.1) is 11.9 Å². The lowest BCUT2D eigenvalue weighted by atomic mass is 10.1. The van der Waals surface area contributed by atoms with Gasteiger partial charge in [-0.1, -0.05) is 30.3 Å². The van der Waals surface area contributed by atoms with E-state index in [2.05, 4.69) is 24.4 Å². The van der Waals surface area contributed by atoms with Crippen molar-refractivity contribution in [2.75, 3.05) is 25.2 Å². The van der Waals surface area contributed by atoms with E-state index in [0.717, 1.165) is 17.7 Å². The molecule has 1 amide bonds. The molecule has 0 aliphatic carbocycles. The summed E-state index contributed by atoms with van der Waals surface area (Å²) in [6.45, 7) is 3.11. The Morgan fingerprint density at radius 2 is 1.83 bits per heavy atom. The highest BCUT2D eigenvalue weighted by atomic mass is 32.2. The topological polar surface area (TPSA) is 67.7 Å². The number of quaternary nitrogens is 1. The number of carbonyl (C=O) groups is 1. The van der Waals surface area contributed by atoms with Gasteiger partial charge in [0.1, 0.15) is 6.54 Å². The molecule has 2 N–H and O–H groups in total. The number of anilines is 1. The van der Waals surface area contributed by atoms with Gasteiger partial charge in [-0.3, -0.25) is 4.79 Å². The molecule has 5 nitrogen and oxygen atoms in total. The number of benzene rings is 2.